The van der Waals surface area contributed by atoms with E-state index in [1.54, 1.807) is 25.2 Å². The fraction of sp³-hybridized carbons (Fsp3) is 0.321. The van der Waals surface area contributed by atoms with E-state index in [-0.39, 0.29) is 0 Å². The van der Waals surface area contributed by atoms with E-state index in [0.717, 1.165) is 225 Å². The number of aryl methyl sites for hydroxylation is 1. The van der Waals surface area contributed by atoms with E-state index in [4.69, 9.17) is 9.97 Å². The molecular weight excluding hydrogens is 1350 g/mol. The van der Waals surface area contributed by atoms with Crippen LogP contribution in [0.3, 0.4) is 0 Å². The van der Waals surface area contributed by atoms with Gasteiger partial charge in [-0.2, -0.15) is 15.0 Å². The van der Waals surface area contributed by atoms with Gasteiger partial charge in [-0.3, -0.25) is 9.97 Å². The van der Waals surface area contributed by atoms with Gasteiger partial charge in [0.25, 0.3) is 0 Å². The highest BCUT2D eigenvalue weighted by atomic mass is 15.4. The van der Waals surface area contributed by atoms with E-state index in [0.29, 0.717) is 24.7 Å². The van der Waals surface area contributed by atoms with E-state index in [1.165, 1.54) is 56.7 Å². The lowest BCUT2D eigenvalue weighted by Crippen LogP contribution is -2.47. The predicted octanol–water partition coefficient (Wildman–Crippen LogP) is 8.10. The number of benzene rings is 4. The normalized spacial score (nSPS) is 15.4. The van der Waals surface area contributed by atoms with Crippen molar-refractivity contribution in [3.63, 3.8) is 0 Å². The number of rotatable bonds is 18. The van der Waals surface area contributed by atoms with Gasteiger partial charge in [0.05, 0.1) is 0 Å². The second-order valence-corrected chi connectivity index (χ2v) is 27.7. The molecule has 27 heteroatoms. The molecular formula is C81H87N27. The topological polar surface area (TPSA) is 287 Å². The maximum absolute atomic E-state index is 4.79. The van der Waals surface area contributed by atoms with Crippen LogP contribution in [-0.2, 0) is 64.5 Å². The van der Waals surface area contributed by atoms with Crippen LogP contribution >= 0.6 is 0 Å². The van der Waals surface area contributed by atoms with Crippen LogP contribution in [0.1, 0.15) is 90.7 Å². The molecule has 14 heterocycles. The minimum absolute atomic E-state index is 0.554. The average molecular weight is 1440 g/mol. The van der Waals surface area contributed by atoms with Crippen LogP contribution in [-0.4, -0.2) is 183 Å². The van der Waals surface area contributed by atoms with Crippen molar-refractivity contribution >= 4 is 53.0 Å². The van der Waals surface area contributed by atoms with Crippen molar-refractivity contribution in [3.8, 4) is 0 Å². The Morgan fingerprint density at radius 2 is 0.815 bits per heavy atom. The first kappa shape index (κ1) is 70.1. The number of fused-ring (bicyclic) bond motifs is 3. The van der Waals surface area contributed by atoms with Gasteiger partial charge in [-0.1, -0.05) is 91.0 Å². The zero-order valence-electron chi connectivity index (χ0n) is 60.6. The molecule has 0 spiro atoms. The first-order valence-corrected chi connectivity index (χ1v) is 37.5. The predicted molar refractivity (Wildman–Crippen MR) is 418 cm³/mol. The molecule has 4 N–H and O–H groups in total. The van der Waals surface area contributed by atoms with Gasteiger partial charge in [-0.05, 0) is 117 Å². The smallest absolute Gasteiger partial charge is 0.231 e. The number of hydrogen-bond donors (Lipinski definition) is 4. The zero-order valence-corrected chi connectivity index (χ0v) is 60.6. The summed E-state index contributed by atoms with van der Waals surface area (Å²) in [6.07, 6.45) is 28.3. The molecule has 0 unspecified atom stereocenters. The molecule has 0 amide bonds. The van der Waals surface area contributed by atoms with Crippen LogP contribution in [0, 0.1) is 0 Å². The van der Waals surface area contributed by atoms with E-state index in [1.807, 2.05) is 73.7 Å². The molecule has 0 bridgehead atoms. The Hall–Kier alpha value is -12.2. The number of hydrogen-bond acceptors (Lipinski definition) is 27. The summed E-state index contributed by atoms with van der Waals surface area (Å²) in [6, 6.07) is 42.1. The number of anilines is 9. The fourth-order valence-electron chi connectivity index (χ4n) is 14.3. The summed E-state index contributed by atoms with van der Waals surface area (Å²) >= 11 is 0. The summed E-state index contributed by atoms with van der Waals surface area (Å²) in [5.41, 5.74) is 18.0. The fourth-order valence-corrected chi connectivity index (χ4v) is 14.3. The first-order chi connectivity index (χ1) is 53.4. The van der Waals surface area contributed by atoms with Gasteiger partial charge in [-0.25, -0.2) is 59.8 Å². The minimum Gasteiger partial charge on any atom is -0.385 e. The Morgan fingerprint density at radius 1 is 0.324 bits per heavy atom. The Morgan fingerprint density at radius 3 is 1.38 bits per heavy atom. The van der Waals surface area contributed by atoms with Crippen LogP contribution in [0.15, 0.2) is 190 Å². The van der Waals surface area contributed by atoms with Crippen molar-refractivity contribution in [1.82, 2.24) is 95.4 Å². The van der Waals surface area contributed by atoms with E-state index in [9.17, 15) is 0 Å². The zero-order chi connectivity index (χ0) is 72.5. The molecule has 0 saturated carbocycles. The molecule has 3 fully saturated rings. The van der Waals surface area contributed by atoms with Crippen molar-refractivity contribution in [1.29, 1.82) is 0 Å². The maximum Gasteiger partial charge on any atom is 0.231 e. The van der Waals surface area contributed by atoms with Crippen molar-refractivity contribution in [2.45, 2.75) is 70.9 Å². The van der Waals surface area contributed by atoms with Gasteiger partial charge in [0.1, 0.15) is 30.6 Å². The Bertz CT molecular complexity index is 4400. The largest absolute Gasteiger partial charge is 0.385 e. The second-order valence-electron chi connectivity index (χ2n) is 27.7. The first-order valence-electron chi connectivity index (χ1n) is 37.5. The molecule has 0 radical (unpaired) electrons. The Kier molecular flexibility index (Phi) is 22.3. The monoisotopic (exact) mass is 1440 g/mol. The number of nitrogens with one attached hydrogen (secondary N) is 4. The third kappa shape index (κ3) is 18.3. The van der Waals surface area contributed by atoms with Gasteiger partial charge in [-0.15, -0.1) is 0 Å². The van der Waals surface area contributed by atoms with E-state index >= 15 is 0 Å². The van der Waals surface area contributed by atoms with Crippen LogP contribution in [0.4, 0.5) is 53.0 Å². The number of piperazine rings is 3. The van der Waals surface area contributed by atoms with Crippen molar-refractivity contribution in [2.24, 2.45) is 0 Å². The van der Waals surface area contributed by atoms with Gasteiger partial charge >= 0.3 is 0 Å². The Labute approximate surface area is 628 Å². The average Bonchev–Trinajstić information content (AvgIpc) is 0.837. The van der Waals surface area contributed by atoms with Crippen molar-refractivity contribution in [2.75, 3.05) is 138 Å². The van der Waals surface area contributed by atoms with Gasteiger partial charge < -0.3 is 50.7 Å². The molecule has 0 aliphatic carbocycles. The Balaban J connectivity index is 0.000000124. The molecule has 18 rings (SSSR count). The lowest BCUT2D eigenvalue weighted by Gasteiger charge is -2.34. The van der Waals surface area contributed by atoms with Gasteiger partial charge in [0.2, 0.25) is 41.6 Å². The van der Waals surface area contributed by atoms with Crippen LogP contribution < -0.4 is 50.7 Å². The van der Waals surface area contributed by atoms with Crippen LogP contribution in [0.5, 0.6) is 0 Å². The molecule has 27 nitrogen and oxygen atoms in total. The molecule has 108 heavy (non-hydrogen) atoms. The molecule has 8 aromatic heterocycles. The minimum atomic E-state index is 0.554. The number of nitrogens with zero attached hydrogens (tertiary/aromatic N) is 23. The van der Waals surface area contributed by atoms with Crippen molar-refractivity contribution < 1.29 is 0 Å². The maximum atomic E-state index is 4.79. The summed E-state index contributed by atoms with van der Waals surface area (Å²) in [6.45, 7) is 14.6. The summed E-state index contributed by atoms with van der Waals surface area (Å²) in [4.78, 5) is 90.8. The highest BCUT2D eigenvalue weighted by Crippen LogP contribution is 2.27. The molecule has 546 valence electrons. The quantitative estimate of drug-likeness (QED) is 0.0631. The third-order valence-electron chi connectivity index (χ3n) is 20.2. The van der Waals surface area contributed by atoms with Crippen LogP contribution in [0.25, 0.3) is 0 Å². The van der Waals surface area contributed by atoms with Gasteiger partial charge in [0.15, 0.2) is 0 Å². The summed E-state index contributed by atoms with van der Waals surface area (Å²) in [5, 5.41) is 13.7. The lowest BCUT2D eigenvalue weighted by molar-refractivity contribution is 0.623. The molecule has 12 aromatic rings. The standard InChI is InChI=1S/C28H30N8.C27H29N9.C26H28N10/c1-2-5-21(6-3-1)15-23-18-30-27(31-19-23)35-11-13-36(14-12-35)28-33-20-32-26(34-28)17-22-8-9-24-7-4-10-29-25(24)16-22;1-2-4-20(5-3-1)12-22-16-30-26(31-17-22)35-8-10-36(11-9-35)27-33-19-32-25(34-27)14-21-13-23-18-28-7-6-24(23)29-15-21;1-2-7-28-22(3-1)13-19-15-29-25(30-16-19)35-9-11-36(12-10-35)26-32-18-31-24(34-26)33-23-5-4-20-6-8-27-17-21(20)14-23/h1-3,5-6,8-9,16,18-20,29H,4,7,10-15,17H2;1-5,13,15-17,19,28H,6-12,14,18H2;1-5,7,14-16,18,27H,6,8-13,17H2,(H,31,32,33,34). The van der Waals surface area contributed by atoms with Gasteiger partial charge in [0, 0.05) is 216 Å². The van der Waals surface area contributed by atoms with Crippen molar-refractivity contribution in [3.05, 3.63) is 274 Å². The van der Waals surface area contributed by atoms with E-state index in [2.05, 4.69) is 216 Å². The second kappa shape index (κ2) is 34.3. The lowest BCUT2D eigenvalue weighted by atomic mass is 10.00. The highest BCUT2D eigenvalue weighted by Gasteiger charge is 2.26. The summed E-state index contributed by atoms with van der Waals surface area (Å²) < 4.78 is 0. The number of pyridine rings is 2. The molecule has 4 aromatic carbocycles. The number of aromatic nitrogens is 17. The SMILES string of the molecule is c1ccc(Cc2cnc(N3CCN(c4ncnc(Cc5ccc6c(c5)NCCC6)n4)CC3)nc2)cc1.c1ccc(Cc2cnc(N3CCN(c4ncnc(Cc5cnc6c(c5)CNCC6)n4)CC3)nc2)cc1.c1ccc(Cc2cnc(N3CCN(c4ncnc(Nc5ccc6c(c5)CNCC6)n4)CC3)nc2)nc1. The summed E-state index contributed by atoms with van der Waals surface area (Å²) in [7, 11) is 0. The molecule has 6 aliphatic heterocycles. The van der Waals surface area contributed by atoms with Crippen LogP contribution in [0.2, 0.25) is 0 Å². The molecule has 0 atom stereocenters. The molecule has 6 aliphatic rings. The third-order valence-corrected chi connectivity index (χ3v) is 20.2. The van der Waals surface area contributed by atoms with E-state index < -0.39 is 0 Å². The highest BCUT2D eigenvalue weighted by molar-refractivity contribution is 5.58. The molecule has 3 saturated heterocycles. The summed E-state index contributed by atoms with van der Waals surface area (Å²) in [5.74, 6) is 6.58.